The Hall–Kier alpha value is -1.23. The minimum absolute atomic E-state index is 0.199. The number of carboxylic acid groups (broad SMARTS) is 1. The fourth-order valence-electron chi connectivity index (χ4n) is 0.948. The Morgan fingerprint density at radius 2 is 2.07 bits per heavy atom. The van der Waals surface area contributed by atoms with E-state index in [1.807, 2.05) is 0 Å². The van der Waals surface area contributed by atoms with Crippen molar-refractivity contribution in [2.24, 2.45) is 0 Å². The molecule has 0 saturated heterocycles. The maximum atomic E-state index is 13.1. The molecular weight excluding hydrogens is 255 g/mol. The van der Waals surface area contributed by atoms with Crippen molar-refractivity contribution in [3.63, 3.8) is 0 Å². The van der Waals surface area contributed by atoms with E-state index >= 15 is 0 Å². The summed E-state index contributed by atoms with van der Waals surface area (Å²) >= 11 is 3.03. The van der Waals surface area contributed by atoms with E-state index in [0.717, 1.165) is 6.07 Å². The van der Waals surface area contributed by atoms with Crippen LogP contribution in [0, 0.1) is 5.82 Å². The van der Waals surface area contributed by atoms with Crippen LogP contribution in [0.1, 0.15) is 16.8 Å². The van der Waals surface area contributed by atoms with Crippen LogP contribution in [0.2, 0.25) is 0 Å². The van der Waals surface area contributed by atoms with Crippen LogP contribution in [0.3, 0.4) is 0 Å². The average molecular weight is 261 g/mol. The smallest absolute Gasteiger partial charge is 0.311 e. The number of rotatable bonds is 3. The second-order valence-electron chi connectivity index (χ2n) is 2.62. The van der Waals surface area contributed by atoms with Gasteiger partial charge in [0.1, 0.15) is 12.2 Å². The van der Waals surface area contributed by atoms with Crippen molar-refractivity contribution in [1.82, 2.24) is 0 Å². The molecule has 0 aliphatic heterocycles. The van der Waals surface area contributed by atoms with Gasteiger partial charge in [0.05, 0.1) is 5.56 Å². The molecule has 0 atom stereocenters. The molecule has 0 heterocycles. The fourth-order valence-corrected chi connectivity index (χ4v) is 1.28. The maximum absolute atomic E-state index is 13.1. The van der Waals surface area contributed by atoms with Crippen molar-refractivity contribution in [3.8, 4) is 0 Å². The van der Waals surface area contributed by atoms with Gasteiger partial charge in [-0.3, -0.25) is 9.59 Å². The summed E-state index contributed by atoms with van der Waals surface area (Å²) in [6.07, 6.45) is -0.696. The number of carbonyl (C=O) groups excluding carboxylic acids is 1. The highest BCUT2D eigenvalue weighted by Crippen LogP contribution is 2.16. The molecule has 3 nitrogen and oxygen atoms in total. The van der Waals surface area contributed by atoms with Crippen LogP contribution >= 0.6 is 15.9 Å². The van der Waals surface area contributed by atoms with Gasteiger partial charge in [0.15, 0.2) is 5.78 Å². The predicted octanol–water partition coefficient (Wildman–Crippen LogP) is 2.25. The number of hydrogen-bond acceptors (Lipinski definition) is 2. The van der Waals surface area contributed by atoms with Crippen molar-refractivity contribution in [2.45, 2.75) is 6.42 Å². The first kappa shape index (κ1) is 10.8. The third kappa shape index (κ3) is 2.63. The van der Waals surface area contributed by atoms with E-state index in [1.165, 1.54) is 12.1 Å². The molecule has 0 aromatic heterocycles. The molecule has 1 rings (SSSR count). The molecule has 74 valence electrons. The highest BCUT2D eigenvalue weighted by Gasteiger charge is 2.14. The van der Waals surface area contributed by atoms with Gasteiger partial charge in [-0.15, -0.1) is 0 Å². The maximum Gasteiger partial charge on any atom is 0.311 e. The summed E-state index contributed by atoms with van der Waals surface area (Å²) in [5.41, 5.74) is -0.199. The number of carbonyl (C=O) groups is 2. The lowest BCUT2D eigenvalue weighted by molar-refractivity contribution is -0.135. The number of halogens is 2. The van der Waals surface area contributed by atoms with Crippen molar-refractivity contribution in [1.29, 1.82) is 0 Å². The number of aliphatic carboxylic acids is 1. The summed E-state index contributed by atoms with van der Waals surface area (Å²) < 4.78 is 13.6. The van der Waals surface area contributed by atoms with Crippen molar-refractivity contribution in [2.75, 3.05) is 0 Å². The number of benzene rings is 1. The molecule has 0 aliphatic carbocycles. The Morgan fingerprint density at radius 1 is 1.43 bits per heavy atom. The molecule has 0 aliphatic rings. The second-order valence-corrected chi connectivity index (χ2v) is 3.53. The molecule has 1 N–H and O–H groups in total. The van der Waals surface area contributed by atoms with Gasteiger partial charge in [0, 0.05) is 4.47 Å². The SMILES string of the molecule is O=C(O)CC(=O)c1ccc(Br)cc1F. The third-order valence-corrected chi connectivity index (χ3v) is 2.04. The predicted molar refractivity (Wildman–Crippen MR) is 50.7 cm³/mol. The molecule has 5 heteroatoms. The quantitative estimate of drug-likeness (QED) is 0.670. The zero-order valence-corrected chi connectivity index (χ0v) is 8.54. The van der Waals surface area contributed by atoms with Crippen LogP contribution < -0.4 is 0 Å². The van der Waals surface area contributed by atoms with Gasteiger partial charge in [0.2, 0.25) is 0 Å². The average Bonchev–Trinajstić information content (AvgIpc) is 2.01. The largest absolute Gasteiger partial charge is 0.481 e. The molecular formula is C9H6BrFO3. The van der Waals surface area contributed by atoms with Gasteiger partial charge in [-0.2, -0.15) is 0 Å². The lowest BCUT2D eigenvalue weighted by Gasteiger charge is -2.00. The monoisotopic (exact) mass is 260 g/mol. The lowest BCUT2D eigenvalue weighted by Crippen LogP contribution is -2.08. The first-order chi connectivity index (χ1) is 6.50. The molecule has 14 heavy (non-hydrogen) atoms. The fraction of sp³-hybridized carbons (Fsp3) is 0.111. The number of carboxylic acids is 1. The van der Waals surface area contributed by atoms with Gasteiger partial charge < -0.3 is 5.11 Å². The molecule has 0 radical (unpaired) electrons. The third-order valence-electron chi connectivity index (χ3n) is 1.54. The Kier molecular flexibility index (Phi) is 3.35. The summed E-state index contributed by atoms with van der Waals surface area (Å²) in [4.78, 5) is 21.4. The van der Waals surface area contributed by atoms with E-state index < -0.39 is 24.0 Å². The molecule has 1 aromatic carbocycles. The molecule has 0 unspecified atom stereocenters. The summed E-state index contributed by atoms with van der Waals surface area (Å²) in [6, 6.07) is 3.86. The van der Waals surface area contributed by atoms with E-state index in [4.69, 9.17) is 5.11 Å². The minimum Gasteiger partial charge on any atom is -0.481 e. The van der Waals surface area contributed by atoms with E-state index in [0.29, 0.717) is 4.47 Å². The Morgan fingerprint density at radius 3 is 2.57 bits per heavy atom. The molecule has 0 amide bonds. The van der Waals surface area contributed by atoms with E-state index in [-0.39, 0.29) is 5.56 Å². The van der Waals surface area contributed by atoms with E-state index in [2.05, 4.69) is 15.9 Å². The molecule has 0 bridgehead atoms. The van der Waals surface area contributed by atoms with Crippen molar-refractivity contribution >= 4 is 27.7 Å². The van der Waals surface area contributed by atoms with Crippen LogP contribution in [-0.4, -0.2) is 16.9 Å². The Bertz CT molecular complexity index is 390. The normalized spacial score (nSPS) is 9.86. The van der Waals surface area contributed by atoms with Gasteiger partial charge in [-0.25, -0.2) is 4.39 Å². The number of hydrogen-bond donors (Lipinski definition) is 1. The summed E-state index contributed by atoms with van der Waals surface area (Å²) in [7, 11) is 0. The topological polar surface area (TPSA) is 54.4 Å². The Balaban J connectivity index is 2.96. The molecule has 0 fully saturated rings. The lowest BCUT2D eigenvalue weighted by atomic mass is 10.1. The Labute approximate surface area is 87.7 Å². The summed E-state index contributed by atoms with van der Waals surface area (Å²) in [5, 5.41) is 8.34. The first-order valence-corrected chi connectivity index (χ1v) is 4.50. The zero-order valence-electron chi connectivity index (χ0n) is 6.96. The second kappa shape index (κ2) is 4.32. The van der Waals surface area contributed by atoms with E-state index in [1.54, 1.807) is 0 Å². The zero-order chi connectivity index (χ0) is 10.7. The number of Topliss-reactive ketones (excluding diaryl/α,β-unsaturated/α-hetero) is 1. The van der Waals surface area contributed by atoms with Crippen molar-refractivity contribution in [3.05, 3.63) is 34.1 Å². The standard InChI is InChI=1S/C9H6BrFO3/c10-5-1-2-6(7(11)3-5)8(12)4-9(13)14/h1-3H,4H2,(H,13,14). The number of ketones is 1. The van der Waals surface area contributed by atoms with Crippen LogP contribution in [0.15, 0.2) is 22.7 Å². The van der Waals surface area contributed by atoms with Crippen LogP contribution in [-0.2, 0) is 4.79 Å². The highest BCUT2D eigenvalue weighted by atomic mass is 79.9. The molecule has 1 aromatic rings. The molecule has 0 saturated carbocycles. The summed E-state index contributed by atoms with van der Waals surface area (Å²) in [6.45, 7) is 0. The van der Waals surface area contributed by atoms with Crippen LogP contribution in [0.25, 0.3) is 0 Å². The summed E-state index contributed by atoms with van der Waals surface area (Å²) in [5.74, 6) is -2.72. The molecule has 0 spiro atoms. The minimum atomic E-state index is -1.27. The van der Waals surface area contributed by atoms with Crippen molar-refractivity contribution < 1.29 is 19.1 Å². The first-order valence-electron chi connectivity index (χ1n) is 3.70. The highest BCUT2D eigenvalue weighted by molar-refractivity contribution is 9.10. The van der Waals surface area contributed by atoms with Gasteiger partial charge >= 0.3 is 5.97 Å². The van der Waals surface area contributed by atoms with E-state index in [9.17, 15) is 14.0 Å². The van der Waals surface area contributed by atoms with Crippen LogP contribution in [0.4, 0.5) is 4.39 Å². The van der Waals surface area contributed by atoms with Crippen LogP contribution in [0.5, 0.6) is 0 Å². The van der Waals surface area contributed by atoms with Gasteiger partial charge in [-0.05, 0) is 18.2 Å². The van der Waals surface area contributed by atoms with Gasteiger partial charge in [0.25, 0.3) is 0 Å². The van der Waals surface area contributed by atoms with Gasteiger partial charge in [-0.1, -0.05) is 15.9 Å².